The highest BCUT2D eigenvalue weighted by Crippen LogP contribution is 2.43. The number of carbonyl (C=O) groups excluding carboxylic acids is 2. The molecule has 4 rings (SSSR count). The van der Waals surface area contributed by atoms with E-state index in [2.05, 4.69) is 12.1 Å². The lowest BCUT2D eigenvalue weighted by Gasteiger charge is -2.36. The molecule has 1 heterocycles. The summed E-state index contributed by atoms with van der Waals surface area (Å²) in [5.41, 5.74) is 9.57. The van der Waals surface area contributed by atoms with Crippen molar-refractivity contribution in [3.05, 3.63) is 113 Å². The Bertz CT molecular complexity index is 1510. The number of allylic oxidation sites excluding steroid dienone is 1. The van der Waals surface area contributed by atoms with Crippen molar-refractivity contribution < 1.29 is 19.1 Å². The zero-order valence-electron chi connectivity index (χ0n) is 20.1. The Morgan fingerprint density at radius 2 is 1.51 bits per heavy atom. The van der Waals surface area contributed by atoms with E-state index < -0.39 is 17.9 Å². The highest BCUT2D eigenvalue weighted by molar-refractivity contribution is 6.06. The van der Waals surface area contributed by atoms with Crippen LogP contribution in [0.25, 0.3) is 11.1 Å². The summed E-state index contributed by atoms with van der Waals surface area (Å²) in [6, 6.07) is 27.1. The average molecular weight is 491 g/mol. The summed E-state index contributed by atoms with van der Waals surface area (Å²) in [6.07, 6.45) is 0. The molecule has 0 aromatic heterocycles. The van der Waals surface area contributed by atoms with E-state index in [1.165, 1.54) is 19.1 Å². The SMILES string of the molecule is COC(=O)C1=C(C(=O)OC)N(c2cccc(-c3ccc(C#N)cc3)c2)C(N)=C(C#N)C1c1ccccc1. The summed E-state index contributed by atoms with van der Waals surface area (Å²) in [7, 11) is 2.41. The smallest absolute Gasteiger partial charge is 0.355 e. The average Bonchev–Trinajstić information content (AvgIpc) is 2.96. The van der Waals surface area contributed by atoms with E-state index >= 15 is 0 Å². The minimum atomic E-state index is -0.939. The molecule has 0 spiro atoms. The fraction of sp³-hybridized carbons (Fsp3) is 0.103. The second-order valence-corrected chi connectivity index (χ2v) is 8.07. The van der Waals surface area contributed by atoms with Gasteiger partial charge >= 0.3 is 11.9 Å². The van der Waals surface area contributed by atoms with Crippen LogP contribution >= 0.6 is 0 Å². The normalized spacial score (nSPS) is 15.0. The van der Waals surface area contributed by atoms with Crippen molar-refractivity contribution >= 4 is 17.6 Å². The number of esters is 2. The maximum Gasteiger partial charge on any atom is 0.355 e. The lowest BCUT2D eigenvalue weighted by Crippen LogP contribution is -2.40. The van der Waals surface area contributed by atoms with Gasteiger partial charge in [0.05, 0.1) is 49.0 Å². The highest BCUT2D eigenvalue weighted by Gasteiger charge is 2.43. The first-order chi connectivity index (χ1) is 17.9. The van der Waals surface area contributed by atoms with Crippen LogP contribution in [-0.4, -0.2) is 26.2 Å². The van der Waals surface area contributed by atoms with Crippen LogP contribution in [0, 0.1) is 22.7 Å². The first kappa shape index (κ1) is 24.8. The quantitative estimate of drug-likeness (QED) is 0.529. The van der Waals surface area contributed by atoms with Crippen LogP contribution < -0.4 is 10.6 Å². The standard InChI is InChI=1S/C29H22N4O4/c1-36-28(34)25-24(20-7-4-3-5-8-20)23(17-31)27(32)33(26(25)29(35)37-2)22-10-6-9-21(15-22)19-13-11-18(16-30)12-14-19/h3-15,24H,32H2,1-2H3. The molecule has 0 fully saturated rings. The summed E-state index contributed by atoms with van der Waals surface area (Å²) >= 11 is 0. The molecule has 8 heteroatoms. The number of anilines is 1. The zero-order valence-corrected chi connectivity index (χ0v) is 20.1. The molecule has 0 bridgehead atoms. The molecular weight excluding hydrogens is 468 g/mol. The Morgan fingerprint density at radius 3 is 2.11 bits per heavy atom. The van der Waals surface area contributed by atoms with Gasteiger partial charge in [-0.1, -0.05) is 54.6 Å². The van der Waals surface area contributed by atoms with E-state index in [0.29, 0.717) is 16.8 Å². The molecule has 0 radical (unpaired) electrons. The molecule has 0 amide bonds. The third-order valence-corrected chi connectivity index (χ3v) is 6.06. The van der Waals surface area contributed by atoms with E-state index in [4.69, 9.17) is 20.5 Å². The lowest BCUT2D eigenvalue weighted by atomic mass is 9.81. The number of methoxy groups -OCH3 is 2. The van der Waals surface area contributed by atoms with Gasteiger partial charge in [0.15, 0.2) is 0 Å². The predicted octanol–water partition coefficient (Wildman–Crippen LogP) is 4.12. The summed E-state index contributed by atoms with van der Waals surface area (Å²) < 4.78 is 10.1. The number of nitriles is 2. The second kappa shape index (κ2) is 10.5. The Hall–Kier alpha value is -5.34. The molecule has 1 unspecified atom stereocenters. The molecule has 0 saturated carbocycles. The Labute approximate surface area is 214 Å². The van der Waals surface area contributed by atoms with Crippen LogP contribution in [0.1, 0.15) is 17.0 Å². The summed E-state index contributed by atoms with van der Waals surface area (Å²) in [6.45, 7) is 0. The molecule has 0 aliphatic carbocycles. The van der Waals surface area contributed by atoms with Crippen LogP contribution in [0.15, 0.2) is 102 Å². The predicted molar refractivity (Wildman–Crippen MR) is 136 cm³/mol. The first-order valence-electron chi connectivity index (χ1n) is 11.2. The number of benzene rings is 3. The number of hydrogen-bond donors (Lipinski definition) is 1. The molecule has 182 valence electrons. The van der Waals surface area contributed by atoms with E-state index in [1.807, 2.05) is 6.07 Å². The van der Waals surface area contributed by atoms with Crippen molar-refractivity contribution in [2.24, 2.45) is 5.73 Å². The second-order valence-electron chi connectivity index (χ2n) is 8.07. The minimum absolute atomic E-state index is 0.0126. The van der Waals surface area contributed by atoms with Crippen molar-refractivity contribution in [3.63, 3.8) is 0 Å². The Morgan fingerprint density at radius 1 is 0.838 bits per heavy atom. The number of hydrogen-bond acceptors (Lipinski definition) is 8. The van der Waals surface area contributed by atoms with Gasteiger partial charge in [-0.05, 0) is 41.0 Å². The third kappa shape index (κ3) is 4.52. The minimum Gasteiger partial charge on any atom is -0.466 e. The van der Waals surface area contributed by atoms with Crippen LogP contribution in [-0.2, 0) is 19.1 Å². The molecular formula is C29H22N4O4. The van der Waals surface area contributed by atoms with Gasteiger partial charge in [0.25, 0.3) is 0 Å². The molecule has 2 N–H and O–H groups in total. The van der Waals surface area contributed by atoms with Crippen LogP contribution in [0.5, 0.6) is 0 Å². The van der Waals surface area contributed by atoms with Crippen LogP contribution in [0.3, 0.4) is 0 Å². The van der Waals surface area contributed by atoms with Gasteiger partial charge in [0.2, 0.25) is 0 Å². The lowest BCUT2D eigenvalue weighted by molar-refractivity contribution is -0.139. The van der Waals surface area contributed by atoms with Gasteiger partial charge in [-0.15, -0.1) is 0 Å². The number of carbonyl (C=O) groups is 2. The molecule has 0 saturated heterocycles. The van der Waals surface area contributed by atoms with Gasteiger partial charge in [0, 0.05) is 5.69 Å². The van der Waals surface area contributed by atoms with Gasteiger partial charge in [-0.2, -0.15) is 10.5 Å². The maximum absolute atomic E-state index is 13.2. The van der Waals surface area contributed by atoms with Crippen LogP contribution in [0.4, 0.5) is 5.69 Å². The van der Waals surface area contributed by atoms with Crippen molar-refractivity contribution in [2.75, 3.05) is 19.1 Å². The molecule has 3 aromatic carbocycles. The molecule has 37 heavy (non-hydrogen) atoms. The van der Waals surface area contributed by atoms with Crippen LogP contribution in [0.2, 0.25) is 0 Å². The third-order valence-electron chi connectivity index (χ3n) is 6.06. The summed E-state index contributed by atoms with van der Waals surface area (Å²) in [5.74, 6) is -2.56. The molecule has 1 aliphatic rings. The van der Waals surface area contributed by atoms with E-state index in [0.717, 1.165) is 11.1 Å². The fourth-order valence-corrected chi connectivity index (χ4v) is 4.34. The van der Waals surface area contributed by atoms with Crippen molar-refractivity contribution in [1.82, 2.24) is 0 Å². The monoisotopic (exact) mass is 490 g/mol. The van der Waals surface area contributed by atoms with Gasteiger partial charge in [-0.3, -0.25) is 4.90 Å². The fourth-order valence-electron chi connectivity index (χ4n) is 4.34. The molecule has 8 nitrogen and oxygen atoms in total. The van der Waals surface area contributed by atoms with Crippen molar-refractivity contribution in [2.45, 2.75) is 5.92 Å². The first-order valence-corrected chi connectivity index (χ1v) is 11.2. The zero-order chi connectivity index (χ0) is 26.5. The van der Waals surface area contributed by atoms with E-state index in [9.17, 15) is 14.9 Å². The largest absolute Gasteiger partial charge is 0.466 e. The molecule has 1 aliphatic heterocycles. The maximum atomic E-state index is 13.2. The van der Waals surface area contributed by atoms with Crippen molar-refractivity contribution in [3.8, 4) is 23.3 Å². The van der Waals surface area contributed by atoms with Gasteiger partial charge in [-0.25, -0.2) is 9.59 Å². The Kier molecular flexibility index (Phi) is 7.04. The number of nitrogens with zero attached hydrogens (tertiary/aromatic N) is 3. The molecule has 1 atom stereocenters. The number of rotatable bonds is 5. The highest BCUT2D eigenvalue weighted by atomic mass is 16.5. The summed E-state index contributed by atoms with van der Waals surface area (Å²) in [4.78, 5) is 27.7. The molecule has 3 aromatic rings. The van der Waals surface area contributed by atoms with Crippen molar-refractivity contribution in [1.29, 1.82) is 10.5 Å². The number of nitrogens with two attached hydrogens (primary N) is 1. The Balaban J connectivity index is 1.98. The van der Waals surface area contributed by atoms with Gasteiger partial charge < -0.3 is 15.2 Å². The topological polar surface area (TPSA) is 129 Å². The van der Waals surface area contributed by atoms with Gasteiger partial charge in [0.1, 0.15) is 11.5 Å². The summed E-state index contributed by atoms with van der Waals surface area (Å²) in [5, 5.41) is 19.3. The van der Waals surface area contributed by atoms with E-state index in [1.54, 1.807) is 72.8 Å². The van der Waals surface area contributed by atoms with E-state index in [-0.39, 0.29) is 22.7 Å². The number of ether oxygens (including phenoxy) is 2.